The zero-order valence-electron chi connectivity index (χ0n) is 9.40. The summed E-state index contributed by atoms with van der Waals surface area (Å²) in [6.07, 6.45) is 8.37. The molecule has 0 aromatic carbocycles. The normalized spacial score (nSPS) is 36.4. The molecule has 0 amide bonds. The molecule has 0 heteroatoms. The average molecular weight is 188 g/mol. The van der Waals surface area contributed by atoms with Gasteiger partial charge in [0.05, 0.1) is 0 Å². The van der Waals surface area contributed by atoms with Crippen LogP contribution in [0.25, 0.3) is 0 Å². The summed E-state index contributed by atoms with van der Waals surface area (Å²) in [4.78, 5) is 0. The molecule has 0 aliphatic heterocycles. The van der Waals surface area contributed by atoms with E-state index in [1.165, 1.54) is 38.5 Å². The van der Waals surface area contributed by atoms with Crippen molar-refractivity contribution < 1.29 is 0 Å². The van der Waals surface area contributed by atoms with Gasteiger partial charge in [0.25, 0.3) is 0 Å². The standard InChI is InChI=1S/C14H20/c1-9-5-11-3-4-12-6-10(2)8-14(12)13(11)7-9/h9-10H,3-8H2,1-2H3. The minimum absolute atomic E-state index is 0.933. The van der Waals surface area contributed by atoms with Gasteiger partial charge in [-0.25, -0.2) is 0 Å². The first kappa shape index (κ1) is 8.76. The molecule has 0 aromatic rings. The second-order valence-electron chi connectivity index (χ2n) is 5.69. The zero-order valence-corrected chi connectivity index (χ0v) is 9.40. The lowest BCUT2D eigenvalue weighted by atomic mass is 9.89. The Morgan fingerprint density at radius 2 is 1.14 bits per heavy atom. The van der Waals surface area contributed by atoms with Crippen LogP contribution in [0.15, 0.2) is 22.3 Å². The molecule has 0 fully saturated rings. The van der Waals surface area contributed by atoms with Crippen LogP contribution in [-0.2, 0) is 0 Å². The summed E-state index contributed by atoms with van der Waals surface area (Å²) in [7, 11) is 0. The van der Waals surface area contributed by atoms with Crippen molar-refractivity contribution in [1.29, 1.82) is 0 Å². The van der Waals surface area contributed by atoms with Crippen LogP contribution in [0.4, 0.5) is 0 Å². The molecule has 0 aromatic heterocycles. The SMILES string of the molecule is CC1CC2=C(C1)C1=C(CC2)CC(C)C1. The van der Waals surface area contributed by atoms with Gasteiger partial charge in [-0.15, -0.1) is 0 Å². The van der Waals surface area contributed by atoms with E-state index in [4.69, 9.17) is 0 Å². The van der Waals surface area contributed by atoms with Crippen molar-refractivity contribution in [2.24, 2.45) is 11.8 Å². The molecule has 0 heterocycles. The average Bonchev–Trinajstić information content (AvgIpc) is 2.65. The maximum Gasteiger partial charge on any atom is -0.0248 e. The van der Waals surface area contributed by atoms with Crippen molar-refractivity contribution in [3.63, 3.8) is 0 Å². The molecule has 76 valence electrons. The Labute approximate surface area is 87.1 Å². The third kappa shape index (κ3) is 1.20. The molecule has 3 aliphatic carbocycles. The lowest BCUT2D eigenvalue weighted by Gasteiger charge is -2.17. The highest BCUT2D eigenvalue weighted by atomic mass is 14.4. The third-order valence-electron chi connectivity index (χ3n) is 4.24. The first-order valence-electron chi connectivity index (χ1n) is 6.16. The summed E-state index contributed by atoms with van der Waals surface area (Å²) < 4.78 is 0. The van der Waals surface area contributed by atoms with E-state index in [1.54, 1.807) is 0 Å². The van der Waals surface area contributed by atoms with Crippen molar-refractivity contribution in [1.82, 2.24) is 0 Å². The summed E-state index contributed by atoms with van der Waals surface area (Å²) in [6, 6.07) is 0. The van der Waals surface area contributed by atoms with Crippen LogP contribution in [0.5, 0.6) is 0 Å². The largest absolute Gasteiger partial charge is 0.0661 e. The molecule has 3 aliphatic rings. The van der Waals surface area contributed by atoms with Gasteiger partial charge in [0.1, 0.15) is 0 Å². The Balaban J connectivity index is 1.95. The highest BCUT2D eigenvalue weighted by Crippen LogP contribution is 2.49. The fourth-order valence-corrected chi connectivity index (χ4v) is 3.70. The van der Waals surface area contributed by atoms with E-state index in [1.807, 2.05) is 22.3 Å². The van der Waals surface area contributed by atoms with Gasteiger partial charge in [0, 0.05) is 0 Å². The predicted octanol–water partition coefficient (Wildman–Crippen LogP) is 4.23. The van der Waals surface area contributed by atoms with Crippen molar-refractivity contribution >= 4 is 0 Å². The molecule has 0 N–H and O–H groups in total. The summed E-state index contributed by atoms with van der Waals surface area (Å²) in [5.41, 5.74) is 7.27. The summed E-state index contributed by atoms with van der Waals surface area (Å²) >= 11 is 0. The highest BCUT2D eigenvalue weighted by Gasteiger charge is 2.32. The van der Waals surface area contributed by atoms with Crippen molar-refractivity contribution in [3.05, 3.63) is 22.3 Å². The number of hydrogen-bond acceptors (Lipinski definition) is 0. The molecule has 14 heavy (non-hydrogen) atoms. The Kier molecular flexibility index (Phi) is 1.87. The van der Waals surface area contributed by atoms with E-state index in [9.17, 15) is 0 Å². The van der Waals surface area contributed by atoms with Crippen molar-refractivity contribution in [2.75, 3.05) is 0 Å². The number of rotatable bonds is 0. The molecule has 0 spiro atoms. The molecule has 0 saturated carbocycles. The van der Waals surface area contributed by atoms with Gasteiger partial charge in [0.15, 0.2) is 0 Å². The smallest absolute Gasteiger partial charge is 0.0248 e. The van der Waals surface area contributed by atoms with E-state index < -0.39 is 0 Å². The fourth-order valence-electron chi connectivity index (χ4n) is 3.70. The lowest BCUT2D eigenvalue weighted by Crippen LogP contribution is -1.97. The maximum absolute atomic E-state index is 2.41. The molecule has 0 nitrogen and oxygen atoms in total. The number of allylic oxidation sites excluding steroid dienone is 4. The Morgan fingerprint density at radius 3 is 1.57 bits per heavy atom. The van der Waals surface area contributed by atoms with Crippen LogP contribution >= 0.6 is 0 Å². The van der Waals surface area contributed by atoms with Crippen LogP contribution in [0.2, 0.25) is 0 Å². The molecular weight excluding hydrogens is 168 g/mol. The van der Waals surface area contributed by atoms with Crippen molar-refractivity contribution in [3.8, 4) is 0 Å². The minimum Gasteiger partial charge on any atom is -0.0661 e. The van der Waals surface area contributed by atoms with Crippen LogP contribution in [0.1, 0.15) is 52.4 Å². The Morgan fingerprint density at radius 1 is 0.714 bits per heavy atom. The summed E-state index contributed by atoms with van der Waals surface area (Å²) in [6.45, 7) is 4.83. The Bertz CT molecular complexity index is 296. The molecule has 0 bridgehead atoms. The molecule has 3 rings (SSSR count). The van der Waals surface area contributed by atoms with Gasteiger partial charge in [0.2, 0.25) is 0 Å². The second-order valence-corrected chi connectivity index (χ2v) is 5.69. The first-order valence-corrected chi connectivity index (χ1v) is 6.16. The van der Waals surface area contributed by atoms with Gasteiger partial charge in [-0.2, -0.15) is 0 Å². The number of fused-ring (bicyclic) bond motifs is 1. The topological polar surface area (TPSA) is 0 Å². The van der Waals surface area contributed by atoms with Crippen LogP contribution in [0.3, 0.4) is 0 Å². The summed E-state index contributed by atoms with van der Waals surface area (Å²) in [5, 5.41) is 0. The summed E-state index contributed by atoms with van der Waals surface area (Å²) in [5.74, 6) is 1.87. The maximum atomic E-state index is 2.41. The monoisotopic (exact) mass is 188 g/mol. The lowest BCUT2D eigenvalue weighted by molar-refractivity contribution is 0.595. The second kappa shape index (κ2) is 2.98. The third-order valence-corrected chi connectivity index (χ3v) is 4.24. The highest BCUT2D eigenvalue weighted by molar-refractivity contribution is 5.47. The van der Waals surface area contributed by atoms with E-state index in [-0.39, 0.29) is 0 Å². The Hall–Kier alpha value is -0.520. The number of hydrogen-bond donors (Lipinski definition) is 0. The minimum atomic E-state index is 0.933. The first-order chi connectivity index (χ1) is 6.74. The van der Waals surface area contributed by atoms with Gasteiger partial charge >= 0.3 is 0 Å². The van der Waals surface area contributed by atoms with Gasteiger partial charge in [-0.05, 0) is 61.5 Å². The van der Waals surface area contributed by atoms with Crippen LogP contribution in [-0.4, -0.2) is 0 Å². The van der Waals surface area contributed by atoms with Gasteiger partial charge in [-0.1, -0.05) is 25.0 Å². The molecule has 0 radical (unpaired) electrons. The van der Waals surface area contributed by atoms with Gasteiger partial charge in [-0.3, -0.25) is 0 Å². The molecular formula is C14H20. The van der Waals surface area contributed by atoms with E-state index >= 15 is 0 Å². The van der Waals surface area contributed by atoms with E-state index in [2.05, 4.69) is 13.8 Å². The van der Waals surface area contributed by atoms with Crippen LogP contribution < -0.4 is 0 Å². The zero-order chi connectivity index (χ0) is 9.71. The van der Waals surface area contributed by atoms with E-state index in [0.717, 1.165) is 11.8 Å². The molecule has 0 saturated heterocycles. The van der Waals surface area contributed by atoms with E-state index in [0.29, 0.717) is 0 Å². The molecule has 2 atom stereocenters. The predicted molar refractivity (Wildman–Crippen MR) is 60.1 cm³/mol. The quantitative estimate of drug-likeness (QED) is 0.533. The van der Waals surface area contributed by atoms with Gasteiger partial charge < -0.3 is 0 Å². The fraction of sp³-hybridized carbons (Fsp3) is 0.714. The molecule has 2 unspecified atom stereocenters. The van der Waals surface area contributed by atoms with Crippen molar-refractivity contribution in [2.45, 2.75) is 52.4 Å². The van der Waals surface area contributed by atoms with Crippen LogP contribution in [0, 0.1) is 11.8 Å².